The van der Waals surface area contributed by atoms with Crippen molar-refractivity contribution < 1.29 is 0 Å². The highest BCUT2D eigenvalue weighted by molar-refractivity contribution is 5.55. The molecule has 3 nitrogen and oxygen atoms in total. The summed E-state index contributed by atoms with van der Waals surface area (Å²) in [6.07, 6.45) is 5.81. The normalized spacial score (nSPS) is 11.0. The van der Waals surface area contributed by atoms with E-state index < -0.39 is 0 Å². The minimum atomic E-state index is 0.776. The molecular formula is C16H17N3. The number of nitrogens with two attached hydrogens (primary N) is 1. The van der Waals surface area contributed by atoms with Gasteiger partial charge in [0.05, 0.1) is 11.7 Å². The Hall–Kier alpha value is -2.29. The van der Waals surface area contributed by atoms with Crippen LogP contribution in [-0.2, 0) is 12.8 Å². The quantitative estimate of drug-likeness (QED) is 0.777. The van der Waals surface area contributed by atoms with Gasteiger partial charge in [-0.2, -0.15) is 0 Å². The van der Waals surface area contributed by atoms with Crippen LogP contribution in [0.25, 0.3) is 5.52 Å². The first kappa shape index (κ1) is 11.8. The van der Waals surface area contributed by atoms with Crippen molar-refractivity contribution >= 4 is 11.2 Å². The van der Waals surface area contributed by atoms with Gasteiger partial charge in [-0.15, -0.1) is 0 Å². The van der Waals surface area contributed by atoms with Crippen LogP contribution in [0.1, 0.15) is 17.0 Å². The molecule has 0 aliphatic carbocycles. The Bertz CT molecular complexity index is 713. The summed E-state index contributed by atoms with van der Waals surface area (Å²) in [5.74, 6) is 1.08. The van der Waals surface area contributed by atoms with Crippen molar-refractivity contribution in [3.63, 3.8) is 0 Å². The van der Waals surface area contributed by atoms with Gasteiger partial charge in [0.1, 0.15) is 5.82 Å². The Labute approximate surface area is 112 Å². The Morgan fingerprint density at radius 1 is 1.16 bits per heavy atom. The molecule has 2 heterocycles. The van der Waals surface area contributed by atoms with E-state index in [-0.39, 0.29) is 0 Å². The third-order valence-electron chi connectivity index (χ3n) is 3.51. The number of nitrogen functional groups attached to an aromatic ring is 1. The van der Waals surface area contributed by atoms with E-state index in [2.05, 4.69) is 40.6 Å². The van der Waals surface area contributed by atoms with Gasteiger partial charge in [-0.3, -0.25) is 0 Å². The lowest BCUT2D eigenvalue weighted by Gasteiger charge is -2.05. The average molecular weight is 251 g/mol. The second-order valence-corrected chi connectivity index (χ2v) is 4.86. The van der Waals surface area contributed by atoms with Gasteiger partial charge >= 0.3 is 0 Å². The number of benzene rings is 1. The monoisotopic (exact) mass is 251 g/mol. The molecule has 0 atom stereocenters. The lowest BCUT2D eigenvalue weighted by Crippen LogP contribution is -1.99. The molecule has 0 amide bonds. The van der Waals surface area contributed by atoms with E-state index in [0.717, 1.165) is 29.9 Å². The number of aryl methyl sites for hydroxylation is 3. The third kappa shape index (κ3) is 2.32. The zero-order valence-corrected chi connectivity index (χ0v) is 11.0. The van der Waals surface area contributed by atoms with Crippen LogP contribution in [0.3, 0.4) is 0 Å². The maximum Gasteiger partial charge on any atom is 0.113 e. The first-order chi connectivity index (χ1) is 9.24. The largest absolute Gasteiger partial charge is 0.399 e. The van der Waals surface area contributed by atoms with Crippen LogP contribution in [0.5, 0.6) is 0 Å². The summed E-state index contributed by atoms with van der Waals surface area (Å²) in [5, 5.41) is 0. The van der Waals surface area contributed by atoms with E-state index in [1.807, 2.05) is 24.5 Å². The Balaban J connectivity index is 1.84. The molecule has 0 radical (unpaired) electrons. The predicted octanol–water partition coefficient (Wildman–Crippen LogP) is 3.01. The number of fused-ring (bicyclic) bond motifs is 1. The van der Waals surface area contributed by atoms with Crippen molar-refractivity contribution in [1.82, 2.24) is 9.38 Å². The molecule has 3 rings (SSSR count). The molecule has 2 N–H and O–H groups in total. The highest BCUT2D eigenvalue weighted by Gasteiger charge is 2.05. The van der Waals surface area contributed by atoms with E-state index >= 15 is 0 Å². The van der Waals surface area contributed by atoms with E-state index in [1.54, 1.807) is 0 Å². The van der Waals surface area contributed by atoms with Gasteiger partial charge in [-0.1, -0.05) is 24.3 Å². The van der Waals surface area contributed by atoms with Crippen molar-refractivity contribution in [2.45, 2.75) is 19.8 Å². The molecule has 0 saturated carbocycles. The first-order valence-electron chi connectivity index (χ1n) is 6.50. The second kappa shape index (κ2) is 4.76. The number of hydrogen-bond donors (Lipinski definition) is 1. The maximum absolute atomic E-state index is 5.78. The van der Waals surface area contributed by atoms with Gasteiger partial charge in [0, 0.05) is 18.3 Å². The van der Waals surface area contributed by atoms with Crippen molar-refractivity contribution in [2.75, 3.05) is 5.73 Å². The van der Waals surface area contributed by atoms with E-state index in [1.165, 1.54) is 11.1 Å². The van der Waals surface area contributed by atoms with Gasteiger partial charge in [0.25, 0.3) is 0 Å². The van der Waals surface area contributed by atoms with Crippen LogP contribution in [0.4, 0.5) is 5.69 Å². The standard InChI is InChI=1S/C16H17N3/c1-12-4-2-3-5-13(12)6-7-16-18-11-15-10-14(17)8-9-19(15)16/h2-5,8-11H,6-7,17H2,1H3. The van der Waals surface area contributed by atoms with Crippen molar-refractivity contribution in [2.24, 2.45) is 0 Å². The molecule has 0 unspecified atom stereocenters. The molecule has 3 aromatic rings. The van der Waals surface area contributed by atoms with Crippen LogP contribution >= 0.6 is 0 Å². The molecular weight excluding hydrogens is 234 g/mol. The molecule has 3 heteroatoms. The van der Waals surface area contributed by atoms with Crippen LogP contribution in [0, 0.1) is 6.92 Å². The molecule has 0 aliphatic rings. The summed E-state index contributed by atoms with van der Waals surface area (Å²) >= 11 is 0. The molecule has 0 bridgehead atoms. The van der Waals surface area contributed by atoms with Gasteiger partial charge in [0.2, 0.25) is 0 Å². The molecule has 0 aliphatic heterocycles. The number of pyridine rings is 1. The molecule has 2 aromatic heterocycles. The molecule has 0 fully saturated rings. The van der Waals surface area contributed by atoms with Crippen LogP contribution < -0.4 is 5.73 Å². The van der Waals surface area contributed by atoms with Crippen LogP contribution in [0.15, 0.2) is 48.8 Å². The summed E-state index contributed by atoms with van der Waals surface area (Å²) in [6.45, 7) is 2.15. The lowest BCUT2D eigenvalue weighted by molar-refractivity contribution is 0.849. The number of aromatic nitrogens is 2. The van der Waals surface area contributed by atoms with Crippen LogP contribution in [0.2, 0.25) is 0 Å². The predicted molar refractivity (Wildman–Crippen MR) is 78.2 cm³/mol. The van der Waals surface area contributed by atoms with Crippen molar-refractivity contribution in [3.8, 4) is 0 Å². The first-order valence-corrected chi connectivity index (χ1v) is 6.50. The molecule has 19 heavy (non-hydrogen) atoms. The molecule has 0 spiro atoms. The average Bonchev–Trinajstić information content (AvgIpc) is 2.80. The fourth-order valence-electron chi connectivity index (χ4n) is 2.39. The van der Waals surface area contributed by atoms with Gasteiger partial charge < -0.3 is 10.1 Å². The zero-order valence-electron chi connectivity index (χ0n) is 11.0. The SMILES string of the molecule is Cc1ccccc1CCc1ncc2cc(N)ccn12. The number of nitrogens with zero attached hydrogens (tertiary/aromatic N) is 2. The third-order valence-corrected chi connectivity index (χ3v) is 3.51. The van der Waals surface area contributed by atoms with Crippen molar-refractivity contribution in [3.05, 3.63) is 65.7 Å². The second-order valence-electron chi connectivity index (χ2n) is 4.86. The number of hydrogen-bond acceptors (Lipinski definition) is 2. The van der Waals surface area contributed by atoms with Crippen molar-refractivity contribution in [1.29, 1.82) is 0 Å². The summed E-state index contributed by atoms with van der Waals surface area (Å²) < 4.78 is 2.11. The number of imidazole rings is 1. The van der Waals surface area contributed by atoms with E-state index in [9.17, 15) is 0 Å². The minimum absolute atomic E-state index is 0.776. The molecule has 96 valence electrons. The summed E-state index contributed by atoms with van der Waals surface area (Å²) in [6, 6.07) is 12.4. The van der Waals surface area contributed by atoms with Gasteiger partial charge in [-0.05, 0) is 36.6 Å². The summed E-state index contributed by atoms with van der Waals surface area (Å²) in [4.78, 5) is 4.49. The van der Waals surface area contributed by atoms with Gasteiger partial charge in [-0.25, -0.2) is 4.98 Å². The summed E-state index contributed by atoms with van der Waals surface area (Å²) in [5.41, 5.74) is 10.3. The molecule has 1 aromatic carbocycles. The highest BCUT2D eigenvalue weighted by Crippen LogP contribution is 2.14. The van der Waals surface area contributed by atoms with Crippen LogP contribution in [-0.4, -0.2) is 9.38 Å². The maximum atomic E-state index is 5.78. The topological polar surface area (TPSA) is 43.3 Å². The Kier molecular flexibility index (Phi) is 2.95. The molecule has 0 saturated heterocycles. The Morgan fingerprint density at radius 2 is 2.00 bits per heavy atom. The van der Waals surface area contributed by atoms with E-state index in [0.29, 0.717) is 0 Å². The summed E-state index contributed by atoms with van der Waals surface area (Å²) in [7, 11) is 0. The zero-order chi connectivity index (χ0) is 13.2. The number of anilines is 1. The Morgan fingerprint density at radius 3 is 2.84 bits per heavy atom. The van der Waals surface area contributed by atoms with Gasteiger partial charge in [0.15, 0.2) is 0 Å². The minimum Gasteiger partial charge on any atom is -0.399 e. The number of rotatable bonds is 3. The fraction of sp³-hybridized carbons (Fsp3) is 0.188. The van der Waals surface area contributed by atoms with E-state index in [4.69, 9.17) is 5.73 Å². The smallest absolute Gasteiger partial charge is 0.113 e. The lowest BCUT2D eigenvalue weighted by atomic mass is 10.0. The highest BCUT2D eigenvalue weighted by atomic mass is 15.0. The fourth-order valence-corrected chi connectivity index (χ4v) is 2.39.